The average Bonchev–Trinajstić information content (AvgIpc) is 1.86. The Bertz CT molecular complexity index is 2250. The molecule has 0 radical (unpaired) electrons. The Balaban J connectivity index is 0.851. The number of carbonyl (C=O) groups is 2. The van der Waals surface area contributed by atoms with Crippen LogP contribution >= 0.6 is 0 Å². The number of hydrogen-bond acceptors (Lipinski definition) is 27. The molecule has 14 N–H and O–H groups in total. The van der Waals surface area contributed by atoms with Gasteiger partial charge >= 0.3 is 5.97 Å². The van der Waals surface area contributed by atoms with Crippen LogP contribution in [-0.2, 0) is 61.7 Å². The Morgan fingerprint density at radius 2 is 1.14 bits per heavy atom. The fourth-order valence-electron chi connectivity index (χ4n) is 15.4. The number of hydrogen-bond donors (Lipinski definition) is 14. The molecular weight excluding hydrogens is 1120 g/mol. The molecule has 5 heterocycles. The smallest absolute Gasteiger partial charge is 0.306 e. The topological polar surface area (TPSA) is 419 Å². The molecule has 27 heteroatoms. The minimum Gasteiger partial charge on any atom is -0.462 e. The molecule has 0 bridgehead atoms. The highest BCUT2D eigenvalue weighted by Crippen LogP contribution is 2.67. The molecule has 0 unspecified atom stereocenters. The number of Topliss-reactive ketones (excluding diaryl/α,β-unsaturated/α-hetero) is 1. The molecule has 0 aromatic rings. The minimum absolute atomic E-state index is 0.0315. The molecule has 9 aliphatic rings. The minimum atomic E-state index is -1.90. The Kier molecular flexibility index (Phi) is 21.2. The number of ketones is 1. The van der Waals surface area contributed by atoms with E-state index in [9.17, 15) is 81.1 Å². The van der Waals surface area contributed by atoms with Crippen LogP contribution in [0.5, 0.6) is 0 Å². The fourth-order valence-corrected chi connectivity index (χ4v) is 15.4. The number of rotatable bonds is 18. The van der Waals surface area contributed by atoms with Crippen molar-refractivity contribution in [3.05, 3.63) is 11.6 Å². The van der Waals surface area contributed by atoms with E-state index >= 15 is 0 Å². The summed E-state index contributed by atoms with van der Waals surface area (Å²) in [6, 6.07) is 0. The zero-order chi connectivity index (χ0) is 61.2. The molecule has 5 saturated heterocycles. The van der Waals surface area contributed by atoms with E-state index in [1.807, 2.05) is 6.92 Å². The van der Waals surface area contributed by atoms with Crippen molar-refractivity contribution in [3.8, 4) is 0 Å². The highest BCUT2D eigenvalue weighted by Gasteiger charge is 2.64. The van der Waals surface area contributed by atoms with Crippen molar-refractivity contribution in [2.75, 3.05) is 19.8 Å². The van der Waals surface area contributed by atoms with Gasteiger partial charge in [0.15, 0.2) is 31.5 Å². The Hall–Kier alpha value is -2.08. The Labute approximate surface area is 487 Å². The zero-order valence-electron chi connectivity index (χ0n) is 48.6. The number of fused-ring (bicyclic) bond motifs is 5. The van der Waals surface area contributed by atoms with E-state index in [1.54, 1.807) is 6.92 Å². The first-order valence-corrected chi connectivity index (χ1v) is 29.9. The summed E-state index contributed by atoms with van der Waals surface area (Å²) in [5, 5.41) is 149. The molecule has 3 saturated carbocycles. The van der Waals surface area contributed by atoms with Gasteiger partial charge in [-0.3, -0.25) is 9.59 Å². The maximum atomic E-state index is 13.6. The molecule has 34 atom stereocenters. The number of aliphatic hydroxyl groups is 14. The lowest BCUT2D eigenvalue weighted by atomic mass is 9.47. The van der Waals surface area contributed by atoms with Crippen molar-refractivity contribution in [3.63, 3.8) is 0 Å². The number of esters is 1. The molecule has 0 aromatic heterocycles. The highest BCUT2D eigenvalue weighted by molar-refractivity contribution is 5.81. The number of carbonyl (C=O) groups excluding carboxylic acids is 2. The van der Waals surface area contributed by atoms with Crippen LogP contribution in [0.25, 0.3) is 0 Å². The van der Waals surface area contributed by atoms with Gasteiger partial charge in [-0.25, -0.2) is 0 Å². The Morgan fingerprint density at radius 3 is 1.75 bits per heavy atom. The second-order valence-electron chi connectivity index (χ2n) is 25.9. The third-order valence-electron chi connectivity index (χ3n) is 20.4. The van der Waals surface area contributed by atoms with E-state index in [-0.39, 0.29) is 47.9 Å². The second kappa shape index (κ2) is 26.8. The van der Waals surface area contributed by atoms with E-state index < -0.39 is 196 Å². The van der Waals surface area contributed by atoms with E-state index in [0.29, 0.717) is 38.5 Å². The first-order chi connectivity index (χ1) is 39.6. The normalized spacial score (nSPS) is 51.9. The predicted molar refractivity (Wildman–Crippen MR) is 282 cm³/mol. The van der Waals surface area contributed by atoms with Gasteiger partial charge < -0.3 is 124 Å². The van der Waals surface area contributed by atoms with Gasteiger partial charge in [0.1, 0.15) is 116 Å². The van der Waals surface area contributed by atoms with Gasteiger partial charge in [0.25, 0.3) is 0 Å². The van der Waals surface area contributed by atoms with Crippen LogP contribution in [0.4, 0.5) is 0 Å². The van der Waals surface area contributed by atoms with Crippen LogP contribution in [-0.4, -0.2) is 269 Å². The van der Waals surface area contributed by atoms with Crippen LogP contribution in [0.2, 0.25) is 0 Å². The third-order valence-corrected chi connectivity index (χ3v) is 20.4. The maximum absolute atomic E-state index is 13.6. The van der Waals surface area contributed by atoms with E-state index in [1.165, 1.54) is 20.8 Å². The van der Waals surface area contributed by atoms with Gasteiger partial charge in [-0.05, 0) is 114 Å². The molecule has 482 valence electrons. The standard InChI is InChI=1S/C57H92O27/c1-21(20-74-51-43(69)41(67)38(64)32(18-58)80-51)8-11-34(61)79-31-17-30-28-10-9-26-16-27(12-14-56(26,6)29(28)13-15-57(30,7)35(31)22(2)60)78-55-50(84-53-45(71)40(66)37(63)24(4)76-53)47(73)49(33(19-59)81-55)83-54-46(72)42(68)48(25(5)77-54)82-52-44(70)39(65)36(62)23(3)75-52/h9,21,23-25,27-33,35-55,58-59,62-73H,8,10-20H2,1-7H3/t21-,23+,24+,25+,27+,28-,29+,30+,31+,32-,33-,35+,36+,37+,38-,39-,40-,41+,42+,43-,44-,45-,46-,47+,48+,49-,50-,51-,52-,53-,54-,55-,56+,57+/m1/s1. The number of ether oxygens (including phenoxy) is 11. The highest BCUT2D eigenvalue weighted by atomic mass is 16.8. The summed E-state index contributed by atoms with van der Waals surface area (Å²) in [6.45, 7) is 10.8. The average molecular weight is 1210 g/mol. The molecule has 27 nitrogen and oxygen atoms in total. The quantitative estimate of drug-likeness (QED) is 0.0471. The molecule has 0 aromatic carbocycles. The van der Waals surface area contributed by atoms with Crippen LogP contribution in [0.1, 0.15) is 106 Å². The number of allylic oxidation sites excluding steroid dienone is 1. The summed E-state index contributed by atoms with van der Waals surface area (Å²) >= 11 is 0. The lowest BCUT2D eigenvalue weighted by Crippen LogP contribution is -2.67. The fraction of sp³-hybridized carbons (Fsp3) is 0.930. The third kappa shape index (κ3) is 12.8. The summed E-state index contributed by atoms with van der Waals surface area (Å²) in [7, 11) is 0. The number of aliphatic hydroxyl groups excluding tert-OH is 14. The summed E-state index contributed by atoms with van der Waals surface area (Å²) in [4.78, 5) is 27.2. The van der Waals surface area contributed by atoms with Crippen LogP contribution < -0.4 is 0 Å². The molecule has 9 rings (SSSR count). The van der Waals surface area contributed by atoms with Gasteiger partial charge in [-0.1, -0.05) is 32.4 Å². The first-order valence-electron chi connectivity index (χ1n) is 29.9. The summed E-state index contributed by atoms with van der Waals surface area (Å²) in [5.41, 5.74) is 0.418. The zero-order valence-corrected chi connectivity index (χ0v) is 48.6. The lowest BCUT2D eigenvalue weighted by Gasteiger charge is -2.58. The summed E-state index contributed by atoms with van der Waals surface area (Å²) in [6.07, 6.45) is -32.2. The second-order valence-corrected chi connectivity index (χ2v) is 25.9. The van der Waals surface area contributed by atoms with E-state index in [2.05, 4.69) is 19.9 Å². The van der Waals surface area contributed by atoms with E-state index in [4.69, 9.17) is 52.1 Å². The monoisotopic (exact) mass is 1210 g/mol. The molecular formula is C57H92O27. The van der Waals surface area contributed by atoms with Gasteiger partial charge in [0, 0.05) is 6.42 Å². The van der Waals surface area contributed by atoms with Crippen LogP contribution in [0, 0.1) is 40.4 Å². The van der Waals surface area contributed by atoms with Crippen molar-refractivity contribution >= 4 is 11.8 Å². The molecule has 5 aliphatic heterocycles. The summed E-state index contributed by atoms with van der Waals surface area (Å²) in [5.74, 6) is -0.803. The molecule has 4 aliphatic carbocycles. The Morgan fingerprint density at radius 1 is 0.595 bits per heavy atom. The van der Waals surface area contributed by atoms with E-state index in [0.717, 1.165) is 18.4 Å². The molecule has 0 spiro atoms. The van der Waals surface area contributed by atoms with Crippen molar-refractivity contribution in [1.29, 1.82) is 0 Å². The molecule has 8 fully saturated rings. The van der Waals surface area contributed by atoms with Crippen molar-refractivity contribution < 1.29 is 133 Å². The van der Waals surface area contributed by atoms with Gasteiger partial charge in [-0.15, -0.1) is 0 Å². The lowest BCUT2D eigenvalue weighted by molar-refractivity contribution is -0.394. The van der Waals surface area contributed by atoms with Crippen LogP contribution in [0.15, 0.2) is 11.6 Å². The molecule has 84 heavy (non-hydrogen) atoms. The molecule has 0 amide bonds. The van der Waals surface area contributed by atoms with Crippen molar-refractivity contribution in [1.82, 2.24) is 0 Å². The van der Waals surface area contributed by atoms with Gasteiger partial charge in [-0.2, -0.15) is 0 Å². The van der Waals surface area contributed by atoms with Gasteiger partial charge in [0.05, 0.1) is 50.2 Å². The SMILES string of the molecule is CC(=O)[C@H]1[C@@H](OC(=O)CC[C@@H](C)CO[C@@H]2O[C@H](CO)[C@@H](O)[C@H](O)[C@H]2O)C[C@H]2[C@@H]3CC=C4C[C@@H](O[C@@H]5O[C@H](CO)[C@@H](O[C@H]6O[C@@H](C)[C@H](O[C@H]7O[C@@H](C)[C@H](O)[C@@H](O)[C@H]7O)[C@@H](O)[C@H]6O)[C@H](O)[C@H]5O[C@H]5O[C@@H](C)[C@H](O)[C@@H](O)[C@H]5O)CC[C@]4(C)[C@H]3CC[C@@]21C. The van der Waals surface area contributed by atoms with Gasteiger partial charge in [0.2, 0.25) is 0 Å². The van der Waals surface area contributed by atoms with Crippen LogP contribution in [0.3, 0.4) is 0 Å². The predicted octanol–water partition coefficient (Wildman–Crippen LogP) is -3.35. The maximum Gasteiger partial charge on any atom is 0.306 e. The first kappa shape index (κ1) is 66.3. The van der Waals surface area contributed by atoms with Crippen molar-refractivity contribution in [2.45, 2.75) is 272 Å². The van der Waals surface area contributed by atoms with Crippen molar-refractivity contribution in [2.24, 2.45) is 40.4 Å². The summed E-state index contributed by atoms with van der Waals surface area (Å²) < 4.78 is 65.8. The largest absolute Gasteiger partial charge is 0.462 e.